The molecule has 0 atom stereocenters. The molecule has 0 radical (unpaired) electrons. The van der Waals surface area contributed by atoms with Gasteiger partial charge in [-0.1, -0.05) is 0 Å². The van der Waals surface area contributed by atoms with E-state index in [9.17, 15) is 4.79 Å². The molecule has 74 valence electrons. The topological polar surface area (TPSA) is 26.3 Å². The molecule has 14 heavy (non-hydrogen) atoms. The molecule has 0 spiro atoms. The summed E-state index contributed by atoms with van der Waals surface area (Å²) >= 11 is 0. The van der Waals surface area contributed by atoms with Crippen LogP contribution < -0.4 is 4.74 Å². The van der Waals surface area contributed by atoms with Gasteiger partial charge in [0.2, 0.25) is 0 Å². The minimum Gasteiger partial charge on any atom is -0.496 e. The molecule has 1 fully saturated rings. The van der Waals surface area contributed by atoms with Gasteiger partial charge in [-0.3, -0.25) is 4.79 Å². The average Bonchev–Trinajstić information content (AvgIpc) is 3.00. The number of methoxy groups -OCH3 is 1. The number of Topliss-reactive ketones (excluding diaryl/α,β-unsaturated/α-hetero) is 1. The zero-order valence-electron chi connectivity index (χ0n) is 8.54. The van der Waals surface area contributed by atoms with E-state index in [1.807, 2.05) is 18.2 Å². The summed E-state index contributed by atoms with van der Waals surface area (Å²) in [6.07, 6.45) is 2.44. The van der Waals surface area contributed by atoms with Crippen molar-refractivity contribution >= 4 is 5.78 Å². The normalized spacial score (nSPS) is 15.3. The zero-order chi connectivity index (χ0) is 10.1. The van der Waals surface area contributed by atoms with Crippen molar-refractivity contribution in [2.75, 3.05) is 7.11 Å². The summed E-state index contributed by atoms with van der Waals surface area (Å²) in [5, 5.41) is 0. The molecule has 2 nitrogen and oxygen atoms in total. The van der Waals surface area contributed by atoms with Gasteiger partial charge in [0.05, 0.1) is 7.11 Å². The lowest BCUT2D eigenvalue weighted by molar-refractivity contribution is 0.101. The number of benzene rings is 1. The van der Waals surface area contributed by atoms with Gasteiger partial charge in [0.1, 0.15) is 5.75 Å². The van der Waals surface area contributed by atoms with E-state index in [2.05, 4.69) is 0 Å². The first kappa shape index (κ1) is 9.25. The second kappa shape index (κ2) is 3.45. The van der Waals surface area contributed by atoms with Crippen LogP contribution in [0.15, 0.2) is 18.2 Å². The highest BCUT2D eigenvalue weighted by atomic mass is 16.5. The average molecular weight is 190 g/mol. The maximum absolute atomic E-state index is 11.2. The highest BCUT2D eigenvalue weighted by Gasteiger charge is 2.27. The molecular weight excluding hydrogens is 176 g/mol. The number of hydrogen-bond donors (Lipinski definition) is 0. The molecule has 0 heterocycles. The Morgan fingerprint density at radius 2 is 2.14 bits per heavy atom. The van der Waals surface area contributed by atoms with Crippen molar-refractivity contribution in [3.05, 3.63) is 29.3 Å². The molecule has 0 N–H and O–H groups in total. The standard InChI is InChI=1S/C12H14O2/c1-8(13)10-5-6-12(14-2)11(7-10)9-3-4-9/h5-7,9H,3-4H2,1-2H3. The van der Waals surface area contributed by atoms with Crippen LogP contribution in [-0.2, 0) is 0 Å². The Morgan fingerprint density at radius 1 is 1.43 bits per heavy atom. The van der Waals surface area contributed by atoms with Crippen molar-refractivity contribution in [2.45, 2.75) is 25.7 Å². The lowest BCUT2D eigenvalue weighted by Crippen LogP contribution is -1.96. The first-order chi connectivity index (χ1) is 6.72. The van der Waals surface area contributed by atoms with Crippen molar-refractivity contribution in [3.63, 3.8) is 0 Å². The fraction of sp³-hybridized carbons (Fsp3) is 0.417. The van der Waals surface area contributed by atoms with Crippen LogP contribution in [0.25, 0.3) is 0 Å². The van der Waals surface area contributed by atoms with E-state index in [0.29, 0.717) is 5.92 Å². The molecule has 0 aliphatic heterocycles. The van der Waals surface area contributed by atoms with E-state index in [4.69, 9.17) is 4.74 Å². The monoisotopic (exact) mass is 190 g/mol. The Morgan fingerprint density at radius 3 is 2.64 bits per heavy atom. The number of hydrogen-bond acceptors (Lipinski definition) is 2. The summed E-state index contributed by atoms with van der Waals surface area (Å²) in [6, 6.07) is 5.69. The van der Waals surface area contributed by atoms with E-state index in [-0.39, 0.29) is 5.78 Å². The minimum absolute atomic E-state index is 0.120. The summed E-state index contributed by atoms with van der Waals surface area (Å²) in [7, 11) is 1.68. The van der Waals surface area contributed by atoms with Gasteiger partial charge in [-0.05, 0) is 49.4 Å². The minimum atomic E-state index is 0.120. The predicted octanol–water partition coefficient (Wildman–Crippen LogP) is 2.78. The highest BCUT2D eigenvalue weighted by molar-refractivity contribution is 5.94. The lowest BCUT2D eigenvalue weighted by atomic mass is 10.0. The van der Waals surface area contributed by atoms with Crippen molar-refractivity contribution in [1.82, 2.24) is 0 Å². The largest absolute Gasteiger partial charge is 0.496 e. The van der Waals surface area contributed by atoms with Gasteiger partial charge >= 0.3 is 0 Å². The summed E-state index contributed by atoms with van der Waals surface area (Å²) in [4.78, 5) is 11.2. The highest BCUT2D eigenvalue weighted by Crippen LogP contribution is 2.44. The van der Waals surface area contributed by atoms with Gasteiger partial charge in [0.25, 0.3) is 0 Å². The quantitative estimate of drug-likeness (QED) is 0.685. The second-order valence-electron chi connectivity index (χ2n) is 3.79. The predicted molar refractivity (Wildman–Crippen MR) is 55.0 cm³/mol. The van der Waals surface area contributed by atoms with E-state index >= 15 is 0 Å². The third kappa shape index (κ3) is 1.65. The first-order valence-electron chi connectivity index (χ1n) is 4.91. The summed E-state index contributed by atoms with van der Waals surface area (Å²) in [5.74, 6) is 1.65. The molecule has 0 bridgehead atoms. The van der Waals surface area contributed by atoms with Gasteiger partial charge in [-0.2, -0.15) is 0 Å². The van der Waals surface area contributed by atoms with Crippen LogP contribution in [-0.4, -0.2) is 12.9 Å². The molecule has 2 heteroatoms. The first-order valence-corrected chi connectivity index (χ1v) is 4.91. The maximum atomic E-state index is 11.2. The Bertz CT molecular complexity index is 365. The van der Waals surface area contributed by atoms with Crippen LogP contribution in [0.3, 0.4) is 0 Å². The molecule has 0 saturated heterocycles. The van der Waals surface area contributed by atoms with Gasteiger partial charge in [0.15, 0.2) is 5.78 Å². The Balaban J connectivity index is 2.41. The summed E-state index contributed by atoms with van der Waals surface area (Å²) < 4.78 is 5.27. The van der Waals surface area contributed by atoms with Gasteiger partial charge in [-0.15, -0.1) is 0 Å². The van der Waals surface area contributed by atoms with E-state index in [1.54, 1.807) is 14.0 Å². The molecule has 1 saturated carbocycles. The molecule has 1 aliphatic carbocycles. The van der Waals surface area contributed by atoms with Crippen LogP contribution in [0.4, 0.5) is 0 Å². The third-order valence-corrected chi connectivity index (χ3v) is 2.65. The Hall–Kier alpha value is -1.31. The van der Waals surface area contributed by atoms with E-state index < -0.39 is 0 Å². The van der Waals surface area contributed by atoms with Gasteiger partial charge in [0, 0.05) is 5.56 Å². The Kier molecular flexibility index (Phi) is 2.28. The van der Waals surface area contributed by atoms with Gasteiger partial charge < -0.3 is 4.74 Å². The molecule has 1 aromatic carbocycles. The second-order valence-corrected chi connectivity index (χ2v) is 3.79. The zero-order valence-corrected chi connectivity index (χ0v) is 8.54. The summed E-state index contributed by atoms with van der Waals surface area (Å²) in [6.45, 7) is 1.60. The van der Waals surface area contributed by atoms with Crippen molar-refractivity contribution in [2.24, 2.45) is 0 Å². The molecular formula is C12H14O2. The fourth-order valence-electron chi connectivity index (χ4n) is 1.67. The molecule has 1 aromatic rings. The van der Waals surface area contributed by atoms with Crippen LogP contribution in [0.1, 0.15) is 41.6 Å². The number of carbonyl (C=O) groups excluding carboxylic acids is 1. The molecule has 0 amide bonds. The SMILES string of the molecule is COc1ccc(C(C)=O)cc1C1CC1. The lowest BCUT2D eigenvalue weighted by Gasteiger charge is -2.08. The van der Waals surface area contributed by atoms with Gasteiger partial charge in [-0.25, -0.2) is 0 Å². The van der Waals surface area contributed by atoms with Crippen molar-refractivity contribution < 1.29 is 9.53 Å². The van der Waals surface area contributed by atoms with Crippen LogP contribution >= 0.6 is 0 Å². The van der Waals surface area contributed by atoms with Crippen LogP contribution in [0, 0.1) is 0 Å². The number of carbonyl (C=O) groups is 1. The Labute approximate surface area is 83.9 Å². The number of rotatable bonds is 3. The number of ether oxygens (including phenoxy) is 1. The van der Waals surface area contributed by atoms with Crippen LogP contribution in [0.2, 0.25) is 0 Å². The third-order valence-electron chi connectivity index (χ3n) is 2.65. The summed E-state index contributed by atoms with van der Waals surface area (Å²) in [5.41, 5.74) is 1.98. The smallest absolute Gasteiger partial charge is 0.159 e. The van der Waals surface area contributed by atoms with Crippen molar-refractivity contribution in [3.8, 4) is 5.75 Å². The molecule has 2 rings (SSSR count). The van der Waals surface area contributed by atoms with E-state index in [0.717, 1.165) is 11.3 Å². The van der Waals surface area contributed by atoms with E-state index in [1.165, 1.54) is 18.4 Å². The maximum Gasteiger partial charge on any atom is 0.159 e. The molecule has 0 unspecified atom stereocenters. The molecule has 0 aromatic heterocycles. The fourth-order valence-corrected chi connectivity index (χ4v) is 1.67. The van der Waals surface area contributed by atoms with Crippen molar-refractivity contribution in [1.29, 1.82) is 0 Å². The van der Waals surface area contributed by atoms with Crippen LogP contribution in [0.5, 0.6) is 5.75 Å². The molecule has 1 aliphatic rings. The number of ketones is 1.